The first-order valence-electron chi connectivity index (χ1n) is 3.07. The quantitative estimate of drug-likeness (QED) is 0.376. The van der Waals surface area contributed by atoms with Gasteiger partial charge in [-0.1, -0.05) is 0 Å². The highest BCUT2D eigenvalue weighted by Crippen LogP contribution is 2.03. The van der Waals surface area contributed by atoms with Crippen molar-refractivity contribution < 1.29 is 4.74 Å². The predicted octanol–water partition coefficient (Wildman–Crippen LogP) is 1.98. The molecule has 0 radical (unpaired) electrons. The zero-order valence-corrected chi connectivity index (χ0v) is 7.84. The van der Waals surface area contributed by atoms with Gasteiger partial charge in [0.1, 0.15) is 0 Å². The smallest absolute Gasteiger partial charge is 0.193 e. The number of nitrogens with zero attached hydrogens (tertiary/aromatic N) is 1. The number of thioether (sulfide) groups is 1. The number of aliphatic imine (C=N–C) groups is 1. The molecule has 0 aliphatic carbocycles. The molecule has 4 heteroatoms. The topological polar surface area (TPSA) is 21.6 Å². The van der Waals surface area contributed by atoms with Gasteiger partial charge in [-0.2, -0.15) is 0 Å². The molecule has 0 amide bonds. The first kappa shape index (κ1) is 10.1. The molecular weight excluding hydrogens is 170 g/mol. The van der Waals surface area contributed by atoms with Crippen LogP contribution in [0.25, 0.3) is 0 Å². The van der Waals surface area contributed by atoms with Gasteiger partial charge in [-0.15, -0.1) is 23.4 Å². The Hall–Kier alpha value is 0.110. The Morgan fingerprint density at radius 2 is 2.40 bits per heavy atom. The van der Waals surface area contributed by atoms with Crippen LogP contribution >= 0.6 is 23.4 Å². The molecule has 0 fully saturated rings. The lowest BCUT2D eigenvalue weighted by Crippen LogP contribution is -2.07. The van der Waals surface area contributed by atoms with Gasteiger partial charge in [0.15, 0.2) is 5.90 Å². The summed E-state index contributed by atoms with van der Waals surface area (Å²) in [5.41, 5.74) is 0. The Kier molecular flexibility index (Phi) is 7.30. The van der Waals surface area contributed by atoms with Crippen LogP contribution in [-0.4, -0.2) is 30.5 Å². The molecule has 2 nitrogen and oxygen atoms in total. The highest BCUT2D eigenvalue weighted by atomic mass is 35.5. The van der Waals surface area contributed by atoms with Crippen LogP contribution in [0.1, 0.15) is 6.92 Å². The highest BCUT2D eigenvalue weighted by molar-refractivity contribution is 8.01. The summed E-state index contributed by atoms with van der Waals surface area (Å²) in [6.45, 7) is 2.62. The van der Waals surface area contributed by atoms with E-state index in [2.05, 4.69) is 4.99 Å². The molecule has 0 saturated carbocycles. The van der Waals surface area contributed by atoms with Crippen LogP contribution in [0.3, 0.4) is 0 Å². The van der Waals surface area contributed by atoms with E-state index in [1.165, 1.54) is 0 Å². The Morgan fingerprint density at radius 3 is 2.80 bits per heavy atom. The Labute approximate surface area is 71.0 Å². The third-order valence-electron chi connectivity index (χ3n) is 0.863. The van der Waals surface area contributed by atoms with E-state index in [0.29, 0.717) is 11.8 Å². The van der Waals surface area contributed by atoms with Gasteiger partial charge in [0.25, 0.3) is 0 Å². The van der Waals surface area contributed by atoms with Gasteiger partial charge in [-0.25, -0.2) is 0 Å². The molecular formula is C6H12ClNOS. The van der Waals surface area contributed by atoms with Crippen molar-refractivity contribution in [3.63, 3.8) is 0 Å². The van der Waals surface area contributed by atoms with Gasteiger partial charge in [-0.3, -0.25) is 4.99 Å². The van der Waals surface area contributed by atoms with E-state index in [4.69, 9.17) is 16.3 Å². The summed E-state index contributed by atoms with van der Waals surface area (Å²) in [5, 5.41) is 0.589. The van der Waals surface area contributed by atoms with Crippen molar-refractivity contribution in [1.82, 2.24) is 0 Å². The van der Waals surface area contributed by atoms with Crippen LogP contribution in [-0.2, 0) is 4.74 Å². The molecule has 0 atom stereocenters. The predicted molar refractivity (Wildman–Crippen MR) is 48.2 cm³/mol. The lowest BCUT2D eigenvalue weighted by atomic mass is 10.7. The molecule has 0 heterocycles. The maximum atomic E-state index is 5.46. The van der Waals surface area contributed by atoms with Crippen LogP contribution in [0, 0.1) is 0 Å². The minimum atomic E-state index is 0.589. The average molecular weight is 182 g/mol. The first-order chi connectivity index (χ1) is 4.85. The van der Waals surface area contributed by atoms with Crippen LogP contribution in [0.15, 0.2) is 4.99 Å². The van der Waals surface area contributed by atoms with Crippen molar-refractivity contribution in [3.05, 3.63) is 0 Å². The number of ether oxygens (including phenoxy) is 1. The first-order valence-corrected chi connectivity index (χ1v) is 4.76. The Morgan fingerprint density at radius 1 is 1.70 bits per heavy atom. The molecule has 0 aromatic carbocycles. The zero-order chi connectivity index (χ0) is 7.82. The van der Waals surface area contributed by atoms with Crippen molar-refractivity contribution >= 4 is 29.3 Å². The van der Waals surface area contributed by atoms with Gasteiger partial charge in [0, 0.05) is 7.05 Å². The van der Waals surface area contributed by atoms with Crippen molar-refractivity contribution in [2.75, 3.05) is 24.6 Å². The van der Waals surface area contributed by atoms with Crippen molar-refractivity contribution in [3.8, 4) is 0 Å². The summed E-state index contributed by atoms with van der Waals surface area (Å²) in [5.74, 6) is 1.54. The maximum absolute atomic E-state index is 5.46. The molecule has 0 aliphatic rings. The van der Waals surface area contributed by atoms with E-state index >= 15 is 0 Å². The maximum Gasteiger partial charge on any atom is 0.193 e. The van der Waals surface area contributed by atoms with Gasteiger partial charge in [0.2, 0.25) is 0 Å². The summed E-state index contributed by atoms with van der Waals surface area (Å²) < 4.78 is 5.16. The second-order valence-corrected chi connectivity index (χ2v) is 3.08. The molecule has 0 rings (SSSR count). The Bertz CT molecular complexity index is 108. The van der Waals surface area contributed by atoms with E-state index in [1.807, 2.05) is 6.92 Å². The third kappa shape index (κ3) is 4.94. The molecule has 0 spiro atoms. The number of alkyl halides is 1. The van der Waals surface area contributed by atoms with Gasteiger partial charge in [-0.05, 0) is 6.92 Å². The minimum absolute atomic E-state index is 0.589. The fourth-order valence-electron chi connectivity index (χ4n) is 0.463. The molecule has 0 unspecified atom stereocenters. The normalized spacial score (nSPS) is 11.7. The molecule has 0 bridgehead atoms. The van der Waals surface area contributed by atoms with Crippen LogP contribution < -0.4 is 0 Å². The molecule has 0 aliphatic heterocycles. The monoisotopic (exact) mass is 181 g/mol. The van der Waals surface area contributed by atoms with Gasteiger partial charge in [0.05, 0.1) is 17.6 Å². The van der Waals surface area contributed by atoms with Crippen molar-refractivity contribution in [2.45, 2.75) is 6.92 Å². The second-order valence-electron chi connectivity index (χ2n) is 1.51. The molecule has 0 aromatic rings. The zero-order valence-electron chi connectivity index (χ0n) is 6.26. The fraction of sp³-hybridized carbons (Fsp3) is 0.833. The molecule has 0 N–H and O–H groups in total. The summed E-state index contributed by atoms with van der Waals surface area (Å²) in [7, 11) is 1.72. The summed E-state index contributed by atoms with van der Waals surface area (Å²) in [6.07, 6.45) is 0. The fourth-order valence-corrected chi connectivity index (χ4v) is 1.16. The molecule has 60 valence electrons. The van der Waals surface area contributed by atoms with E-state index in [0.717, 1.165) is 11.7 Å². The SMILES string of the molecule is CCO/C(CSCCl)=N/C. The lowest BCUT2D eigenvalue weighted by molar-refractivity contribution is 0.325. The van der Waals surface area contributed by atoms with E-state index in [9.17, 15) is 0 Å². The second kappa shape index (κ2) is 7.22. The highest BCUT2D eigenvalue weighted by Gasteiger charge is 1.95. The minimum Gasteiger partial charge on any atom is -0.481 e. The molecule has 0 saturated heterocycles. The van der Waals surface area contributed by atoms with E-state index in [-0.39, 0.29) is 0 Å². The number of hydrogen-bond acceptors (Lipinski definition) is 3. The Balaban J connectivity index is 3.41. The molecule has 0 aromatic heterocycles. The van der Waals surface area contributed by atoms with Gasteiger partial charge < -0.3 is 4.74 Å². The van der Waals surface area contributed by atoms with Crippen molar-refractivity contribution in [1.29, 1.82) is 0 Å². The number of halogens is 1. The van der Waals surface area contributed by atoms with Crippen molar-refractivity contribution in [2.24, 2.45) is 4.99 Å². The number of hydrogen-bond donors (Lipinski definition) is 0. The number of rotatable bonds is 4. The lowest BCUT2D eigenvalue weighted by Gasteiger charge is -2.03. The van der Waals surface area contributed by atoms with E-state index < -0.39 is 0 Å². The summed E-state index contributed by atoms with van der Waals surface area (Å²) in [6, 6.07) is 0. The third-order valence-corrected chi connectivity index (χ3v) is 1.93. The van der Waals surface area contributed by atoms with Crippen LogP contribution in [0.4, 0.5) is 0 Å². The molecule has 10 heavy (non-hydrogen) atoms. The van der Waals surface area contributed by atoms with E-state index in [1.54, 1.807) is 18.8 Å². The summed E-state index contributed by atoms with van der Waals surface area (Å²) >= 11 is 7.05. The van der Waals surface area contributed by atoms with Crippen LogP contribution in [0.5, 0.6) is 0 Å². The standard InChI is InChI=1S/C6H12ClNOS/c1-3-9-6(8-2)4-10-5-7/h3-5H2,1-2H3/b8-6+. The van der Waals surface area contributed by atoms with Crippen LogP contribution in [0.2, 0.25) is 0 Å². The summed E-state index contributed by atoms with van der Waals surface area (Å²) in [4.78, 5) is 3.93. The largest absolute Gasteiger partial charge is 0.481 e. The van der Waals surface area contributed by atoms with Gasteiger partial charge >= 0.3 is 0 Å². The average Bonchev–Trinajstić information content (AvgIpc) is 1.98.